The summed E-state index contributed by atoms with van der Waals surface area (Å²) in [6.07, 6.45) is 1.85. The second kappa shape index (κ2) is 7.37. The van der Waals surface area contributed by atoms with Crippen LogP contribution in [-0.4, -0.2) is 6.54 Å². The van der Waals surface area contributed by atoms with Gasteiger partial charge in [0.05, 0.1) is 0 Å². The van der Waals surface area contributed by atoms with Gasteiger partial charge in [0.1, 0.15) is 5.82 Å². The predicted molar refractivity (Wildman–Crippen MR) is 87.1 cm³/mol. The monoisotopic (exact) mass is 285 g/mol. The molecule has 0 aliphatic rings. The Labute approximate surface area is 127 Å². The Morgan fingerprint density at radius 2 is 1.86 bits per heavy atom. The molecule has 0 aliphatic heterocycles. The molecule has 2 rings (SSSR count). The van der Waals surface area contributed by atoms with Crippen LogP contribution in [0.2, 0.25) is 0 Å². The molecule has 112 valence electrons. The van der Waals surface area contributed by atoms with Crippen LogP contribution >= 0.6 is 0 Å². The van der Waals surface area contributed by atoms with Crippen molar-refractivity contribution in [2.45, 2.75) is 39.7 Å². The van der Waals surface area contributed by atoms with Crippen LogP contribution in [0.5, 0.6) is 0 Å². The molecule has 1 atom stereocenters. The standard InChI is InChI=1S/C19H24FN/c1-4-11-21-18(13-16-9-5-7-14(2)12-16)17-10-6-8-15(3)19(17)20/h5-10,12,18,21H,4,11,13H2,1-3H3. The third-order valence-electron chi connectivity index (χ3n) is 3.76. The quantitative estimate of drug-likeness (QED) is 0.809. The Hall–Kier alpha value is -1.67. The Kier molecular flexibility index (Phi) is 5.51. The van der Waals surface area contributed by atoms with Crippen molar-refractivity contribution in [3.63, 3.8) is 0 Å². The van der Waals surface area contributed by atoms with Crippen molar-refractivity contribution in [1.29, 1.82) is 0 Å². The average molecular weight is 285 g/mol. The number of nitrogens with one attached hydrogen (secondary N) is 1. The van der Waals surface area contributed by atoms with Gasteiger partial charge in [0.25, 0.3) is 0 Å². The molecule has 0 amide bonds. The molecule has 21 heavy (non-hydrogen) atoms. The van der Waals surface area contributed by atoms with E-state index in [4.69, 9.17) is 0 Å². The van der Waals surface area contributed by atoms with Crippen molar-refractivity contribution in [3.8, 4) is 0 Å². The Morgan fingerprint density at radius 1 is 1.10 bits per heavy atom. The van der Waals surface area contributed by atoms with Crippen LogP contribution in [0.25, 0.3) is 0 Å². The van der Waals surface area contributed by atoms with Crippen LogP contribution in [0.1, 0.15) is 41.6 Å². The number of hydrogen-bond acceptors (Lipinski definition) is 1. The van der Waals surface area contributed by atoms with Gasteiger partial charge in [-0.15, -0.1) is 0 Å². The maximum atomic E-state index is 14.4. The molecule has 0 aromatic heterocycles. The van der Waals surface area contributed by atoms with E-state index in [0.717, 1.165) is 24.9 Å². The lowest BCUT2D eigenvalue weighted by Gasteiger charge is -2.21. The Morgan fingerprint density at radius 3 is 2.57 bits per heavy atom. The molecule has 0 spiro atoms. The molecule has 0 aliphatic carbocycles. The van der Waals surface area contributed by atoms with Crippen LogP contribution < -0.4 is 5.32 Å². The fraction of sp³-hybridized carbons (Fsp3) is 0.368. The third kappa shape index (κ3) is 4.15. The Bertz CT molecular complexity index is 592. The zero-order chi connectivity index (χ0) is 15.2. The van der Waals surface area contributed by atoms with E-state index in [1.54, 1.807) is 0 Å². The number of hydrogen-bond donors (Lipinski definition) is 1. The van der Waals surface area contributed by atoms with Gasteiger partial charge >= 0.3 is 0 Å². The highest BCUT2D eigenvalue weighted by Gasteiger charge is 2.16. The lowest BCUT2D eigenvalue weighted by Crippen LogP contribution is -2.25. The van der Waals surface area contributed by atoms with Crippen molar-refractivity contribution in [1.82, 2.24) is 5.32 Å². The molecule has 2 heteroatoms. The maximum absolute atomic E-state index is 14.4. The zero-order valence-electron chi connectivity index (χ0n) is 13.1. The highest BCUT2D eigenvalue weighted by Crippen LogP contribution is 2.23. The van der Waals surface area contributed by atoms with Gasteiger partial charge in [-0.3, -0.25) is 0 Å². The Balaban J connectivity index is 2.27. The molecule has 0 saturated heterocycles. The molecule has 0 radical (unpaired) electrons. The fourth-order valence-electron chi connectivity index (χ4n) is 2.62. The molecule has 1 unspecified atom stereocenters. The van der Waals surface area contributed by atoms with Crippen LogP contribution in [-0.2, 0) is 6.42 Å². The van der Waals surface area contributed by atoms with E-state index in [1.165, 1.54) is 11.1 Å². The van der Waals surface area contributed by atoms with E-state index in [0.29, 0.717) is 5.56 Å². The highest BCUT2D eigenvalue weighted by molar-refractivity contribution is 5.30. The van der Waals surface area contributed by atoms with Gasteiger partial charge < -0.3 is 5.32 Å². The average Bonchev–Trinajstić information content (AvgIpc) is 2.47. The topological polar surface area (TPSA) is 12.0 Å². The van der Waals surface area contributed by atoms with E-state index in [1.807, 2.05) is 25.1 Å². The van der Waals surface area contributed by atoms with Gasteiger partial charge in [-0.2, -0.15) is 0 Å². The molecule has 0 bridgehead atoms. The summed E-state index contributed by atoms with van der Waals surface area (Å²) in [5.41, 5.74) is 3.96. The minimum absolute atomic E-state index is 0.0200. The largest absolute Gasteiger partial charge is 0.310 e. The molecular weight excluding hydrogens is 261 g/mol. The first kappa shape index (κ1) is 15.7. The van der Waals surface area contributed by atoms with Gasteiger partial charge in [-0.1, -0.05) is 55.0 Å². The van der Waals surface area contributed by atoms with E-state index in [2.05, 4.69) is 43.4 Å². The van der Waals surface area contributed by atoms with Crippen molar-refractivity contribution in [3.05, 3.63) is 70.5 Å². The summed E-state index contributed by atoms with van der Waals surface area (Å²) in [6, 6.07) is 14.1. The van der Waals surface area contributed by atoms with Gasteiger partial charge in [0.2, 0.25) is 0 Å². The number of benzene rings is 2. The van der Waals surface area contributed by atoms with E-state index in [9.17, 15) is 4.39 Å². The summed E-state index contributed by atoms with van der Waals surface area (Å²) in [4.78, 5) is 0. The SMILES string of the molecule is CCCNC(Cc1cccc(C)c1)c1cccc(C)c1F. The van der Waals surface area contributed by atoms with Gasteiger partial charge in [-0.25, -0.2) is 4.39 Å². The molecule has 2 aromatic carbocycles. The van der Waals surface area contributed by atoms with Gasteiger partial charge in [0, 0.05) is 11.6 Å². The van der Waals surface area contributed by atoms with Crippen molar-refractivity contribution in [2.24, 2.45) is 0 Å². The second-order valence-corrected chi connectivity index (χ2v) is 5.68. The smallest absolute Gasteiger partial charge is 0.130 e. The third-order valence-corrected chi connectivity index (χ3v) is 3.76. The van der Waals surface area contributed by atoms with Gasteiger partial charge in [-0.05, 0) is 44.4 Å². The summed E-state index contributed by atoms with van der Waals surface area (Å²) in [6.45, 7) is 6.93. The first-order valence-corrected chi connectivity index (χ1v) is 7.65. The molecule has 0 heterocycles. The zero-order valence-corrected chi connectivity index (χ0v) is 13.1. The van der Waals surface area contributed by atoms with E-state index in [-0.39, 0.29) is 11.9 Å². The molecule has 2 aromatic rings. The van der Waals surface area contributed by atoms with Crippen molar-refractivity contribution < 1.29 is 4.39 Å². The summed E-state index contributed by atoms with van der Waals surface area (Å²) in [7, 11) is 0. The first-order valence-electron chi connectivity index (χ1n) is 7.65. The van der Waals surface area contributed by atoms with Gasteiger partial charge in [0.15, 0.2) is 0 Å². The van der Waals surface area contributed by atoms with E-state index >= 15 is 0 Å². The first-order chi connectivity index (χ1) is 10.1. The summed E-state index contributed by atoms with van der Waals surface area (Å²) < 4.78 is 14.4. The maximum Gasteiger partial charge on any atom is 0.130 e. The fourth-order valence-corrected chi connectivity index (χ4v) is 2.62. The number of halogens is 1. The highest BCUT2D eigenvalue weighted by atomic mass is 19.1. The summed E-state index contributed by atoms with van der Waals surface area (Å²) >= 11 is 0. The number of aryl methyl sites for hydroxylation is 2. The van der Waals surface area contributed by atoms with Crippen molar-refractivity contribution >= 4 is 0 Å². The lowest BCUT2D eigenvalue weighted by atomic mass is 9.96. The minimum Gasteiger partial charge on any atom is -0.310 e. The summed E-state index contributed by atoms with van der Waals surface area (Å²) in [5.74, 6) is -0.0845. The predicted octanol–water partition coefficient (Wildman–Crippen LogP) is 4.73. The molecular formula is C19H24FN. The van der Waals surface area contributed by atoms with Crippen LogP contribution in [0, 0.1) is 19.7 Å². The summed E-state index contributed by atoms with van der Waals surface area (Å²) in [5, 5.41) is 3.48. The molecule has 1 N–H and O–H groups in total. The van der Waals surface area contributed by atoms with Crippen LogP contribution in [0.15, 0.2) is 42.5 Å². The molecule has 1 nitrogen and oxygen atoms in total. The normalized spacial score (nSPS) is 12.4. The molecule has 0 fully saturated rings. The number of rotatable bonds is 6. The van der Waals surface area contributed by atoms with Crippen LogP contribution in [0.4, 0.5) is 4.39 Å². The second-order valence-electron chi connectivity index (χ2n) is 5.68. The van der Waals surface area contributed by atoms with E-state index < -0.39 is 0 Å². The lowest BCUT2D eigenvalue weighted by molar-refractivity contribution is 0.494. The van der Waals surface area contributed by atoms with Crippen LogP contribution in [0.3, 0.4) is 0 Å². The molecule has 0 saturated carbocycles. The minimum atomic E-state index is -0.0845. The van der Waals surface area contributed by atoms with Crippen molar-refractivity contribution in [2.75, 3.05) is 6.54 Å².